The summed E-state index contributed by atoms with van der Waals surface area (Å²) in [6.07, 6.45) is 0. The Hall–Kier alpha value is -3.32. The highest BCUT2D eigenvalue weighted by Gasteiger charge is 2.21. The van der Waals surface area contributed by atoms with Crippen molar-refractivity contribution >= 4 is 21.6 Å². The van der Waals surface area contributed by atoms with Crippen molar-refractivity contribution in [3.8, 4) is 5.75 Å². The van der Waals surface area contributed by atoms with E-state index < -0.39 is 10.0 Å². The van der Waals surface area contributed by atoms with E-state index in [4.69, 9.17) is 4.74 Å². The Bertz CT molecular complexity index is 1190. The van der Waals surface area contributed by atoms with Crippen molar-refractivity contribution < 1.29 is 17.9 Å². The average Bonchev–Trinajstić information content (AvgIpc) is 2.75. The quantitative estimate of drug-likeness (QED) is 0.564. The van der Waals surface area contributed by atoms with E-state index in [2.05, 4.69) is 10.0 Å². The van der Waals surface area contributed by atoms with Gasteiger partial charge >= 0.3 is 0 Å². The number of para-hydroxylation sites is 1. The Balaban J connectivity index is 1.84. The summed E-state index contributed by atoms with van der Waals surface area (Å²) in [5, 5.41) is 2.91. The van der Waals surface area contributed by atoms with Crippen molar-refractivity contribution in [1.82, 2.24) is 5.32 Å². The van der Waals surface area contributed by atoms with E-state index in [1.807, 2.05) is 50.2 Å². The molecular formula is C24H26N2O4S. The largest absolute Gasteiger partial charge is 0.496 e. The zero-order valence-electron chi connectivity index (χ0n) is 18.0. The molecule has 0 fully saturated rings. The lowest BCUT2D eigenvalue weighted by Gasteiger charge is -2.18. The molecule has 0 spiro atoms. The van der Waals surface area contributed by atoms with Gasteiger partial charge in [0.2, 0.25) is 0 Å². The third-order valence-electron chi connectivity index (χ3n) is 5.00. The molecule has 3 rings (SSSR count). The van der Waals surface area contributed by atoms with Gasteiger partial charge in [0.05, 0.1) is 18.0 Å². The van der Waals surface area contributed by atoms with Crippen LogP contribution in [0.25, 0.3) is 0 Å². The second-order valence-electron chi connectivity index (χ2n) is 7.39. The number of rotatable bonds is 7. The average molecular weight is 439 g/mol. The zero-order valence-corrected chi connectivity index (χ0v) is 18.8. The summed E-state index contributed by atoms with van der Waals surface area (Å²) < 4.78 is 33.8. The Morgan fingerprint density at radius 1 is 0.968 bits per heavy atom. The Morgan fingerprint density at radius 2 is 1.65 bits per heavy atom. The summed E-state index contributed by atoms with van der Waals surface area (Å²) in [6.45, 7) is 5.47. The number of nitrogens with one attached hydrogen (secondary N) is 2. The molecule has 3 aromatic carbocycles. The molecule has 0 saturated heterocycles. The number of anilines is 1. The third kappa shape index (κ3) is 5.24. The van der Waals surface area contributed by atoms with Crippen LogP contribution < -0.4 is 14.8 Å². The smallest absolute Gasteiger partial charge is 0.262 e. The van der Waals surface area contributed by atoms with Crippen molar-refractivity contribution in [3.63, 3.8) is 0 Å². The second kappa shape index (κ2) is 9.22. The standard InChI is InChI=1S/C24H26N2O4S/c1-16-9-13-20(14-10-16)26-31(28,29)23-15-19(12-11-17(23)2)24(27)25-18(3)21-7-5-6-8-22(21)30-4/h5-15,18,26H,1-4H3,(H,25,27)/t18-/m1/s1. The molecule has 1 atom stereocenters. The number of carbonyl (C=O) groups excluding carboxylic acids is 1. The predicted octanol–water partition coefficient (Wildman–Crippen LogP) is 4.60. The summed E-state index contributed by atoms with van der Waals surface area (Å²) in [5.74, 6) is 0.301. The van der Waals surface area contributed by atoms with Crippen LogP contribution in [0, 0.1) is 13.8 Å². The van der Waals surface area contributed by atoms with Gasteiger partial charge in [-0.25, -0.2) is 8.42 Å². The molecule has 31 heavy (non-hydrogen) atoms. The van der Waals surface area contributed by atoms with E-state index in [1.54, 1.807) is 38.3 Å². The molecule has 0 unspecified atom stereocenters. The molecule has 0 aromatic heterocycles. The second-order valence-corrected chi connectivity index (χ2v) is 9.04. The molecule has 1 amide bonds. The molecular weight excluding hydrogens is 412 g/mol. The van der Waals surface area contributed by atoms with Crippen LogP contribution in [0.1, 0.15) is 40.0 Å². The Labute approximate surface area is 183 Å². The van der Waals surface area contributed by atoms with Crippen LogP contribution in [0.5, 0.6) is 5.75 Å². The van der Waals surface area contributed by atoms with Crippen molar-refractivity contribution in [3.05, 3.63) is 89.0 Å². The van der Waals surface area contributed by atoms with Crippen molar-refractivity contribution in [2.75, 3.05) is 11.8 Å². The van der Waals surface area contributed by atoms with Crippen LogP contribution in [-0.4, -0.2) is 21.4 Å². The van der Waals surface area contributed by atoms with E-state index in [1.165, 1.54) is 6.07 Å². The molecule has 0 aliphatic heterocycles. The first kappa shape index (κ1) is 22.4. The molecule has 2 N–H and O–H groups in total. The van der Waals surface area contributed by atoms with Gasteiger partial charge in [-0.1, -0.05) is 42.0 Å². The van der Waals surface area contributed by atoms with Gasteiger partial charge in [0.25, 0.3) is 15.9 Å². The first-order valence-electron chi connectivity index (χ1n) is 9.85. The number of methoxy groups -OCH3 is 1. The van der Waals surface area contributed by atoms with E-state index in [9.17, 15) is 13.2 Å². The lowest BCUT2D eigenvalue weighted by atomic mass is 10.1. The van der Waals surface area contributed by atoms with Gasteiger partial charge in [0.1, 0.15) is 5.75 Å². The van der Waals surface area contributed by atoms with Crippen LogP contribution in [0.4, 0.5) is 5.69 Å². The predicted molar refractivity (Wildman–Crippen MR) is 122 cm³/mol. The van der Waals surface area contributed by atoms with Gasteiger partial charge in [-0.15, -0.1) is 0 Å². The lowest BCUT2D eigenvalue weighted by molar-refractivity contribution is 0.0939. The number of hydrogen-bond acceptors (Lipinski definition) is 4. The molecule has 0 aliphatic carbocycles. The minimum atomic E-state index is -3.85. The van der Waals surface area contributed by atoms with Crippen LogP contribution in [-0.2, 0) is 10.0 Å². The van der Waals surface area contributed by atoms with Gasteiger partial charge < -0.3 is 10.1 Å². The summed E-state index contributed by atoms with van der Waals surface area (Å²) in [5.41, 5.74) is 3.14. The van der Waals surface area contributed by atoms with E-state index in [0.717, 1.165) is 11.1 Å². The fourth-order valence-electron chi connectivity index (χ4n) is 3.24. The summed E-state index contributed by atoms with van der Waals surface area (Å²) in [7, 11) is -2.28. The van der Waals surface area contributed by atoms with Gasteiger partial charge in [-0.05, 0) is 56.7 Å². The molecule has 3 aromatic rings. The molecule has 0 saturated carbocycles. The summed E-state index contributed by atoms with van der Waals surface area (Å²) in [4.78, 5) is 12.9. The number of amides is 1. The maximum absolute atomic E-state index is 13.0. The highest BCUT2D eigenvalue weighted by Crippen LogP contribution is 2.25. The SMILES string of the molecule is COc1ccccc1[C@@H](C)NC(=O)c1ccc(C)c(S(=O)(=O)Nc2ccc(C)cc2)c1. The molecule has 7 heteroatoms. The maximum atomic E-state index is 13.0. The number of sulfonamides is 1. The van der Waals surface area contributed by atoms with Crippen molar-refractivity contribution in [2.24, 2.45) is 0 Å². The number of ether oxygens (including phenoxy) is 1. The van der Waals surface area contributed by atoms with Gasteiger partial charge in [-0.2, -0.15) is 0 Å². The number of benzene rings is 3. The summed E-state index contributed by atoms with van der Waals surface area (Å²) in [6, 6.07) is 18.8. The number of carbonyl (C=O) groups is 1. The minimum Gasteiger partial charge on any atom is -0.496 e. The molecule has 6 nitrogen and oxygen atoms in total. The van der Waals surface area contributed by atoms with Crippen molar-refractivity contribution in [2.45, 2.75) is 31.7 Å². The first-order valence-corrected chi connectivity index (χ1v) is 11.3. The highest BCUT2D eigenvalue weighted by molar-refractivity contribution is 7.92. The van der Waals surface area contributed by atoms with Crippen molar-refractivity contribution in [1.29, 1.82) is 0 Å². The van der Waals surface area contributed by atoms with Crippen LogP contribution in [0.3, 0.4) is 0 Å². The third-order valence-corrected chi connectivity index (χ3v) is 6.52. The monoisotopic (exact) mass is 438 g/mol. The molecule has 0 aliphatic rings. The molecule has 0 heterocycles. The van der Waals surface area contributed by atoms with Crippen LogP contribution in [0.2, 0.25) is 0 Å². The molecule has 0 bridgehead atoms. The molecule has 0 radical (unpaired) electrons. The van der Waals surface area contributed by atoms with Gasteiger partial charge in [-0.3, -0.25) is 9.52 Å². The Morgan fingerprint density at radius 3 is 2.32 bits per heavy atom. The fraction of sp³-hybridized carbons (Fsp3) is 0.208. The zero-order chi connectivity index (χ0) is 22.6. The van der Waals surface area contributed by atoms with Gasteiger partial charge in [0, 0.05) is 16.8 Å². The first-order chi connectivity index (χ1) is 14.7. The fourth-order valence-corrected chi connectivity index (χ4v) is 4.57. The topological polar surface area (TPSA) is 84.5 Å². The van der Waals surface area contributed by atoms with Crippen LogP contribution in [0.15, 0.2) is 71.6 Å². The summed E-state index contributed by atoms with van der Waals surface area (Å²) >= 11 is 0. The van der Waals surface area contributed by atoms with E-state index in [0.29, 0.717) is 17.0 Å². The van der Waals surface area contributed by atoms with Crippen LogP contribution >= 0.6 is 0 Å². The van der Waals surface area contributed by atoms with E-state index >= 15 is 0 Å². The maximum Gasteiger partial charge on any atom is 0.262 e. The number of hydrogen-bond donors (Lipinski definition) is 2. The lowest BCUT2D eigenvalue weighted by Crippen LogP contribution is -2.27. The minimum absolute atomic E-state index is 0.0608. The molecule has 162 valence electrons. The highest BCUT2D eigenvalue weighted by atomic mass is 32.2. The van der Waals surface area contributed by atoms with Gasteiger partial charge in [0.15, 0.2) is 0 Å². The normalized spacial score (nSPS) is 12.1. The number of aryl methyl sites for hydroxylation is 2. The van der Waals surface area contributed by atoms with E-state index in [-0.39, 0.29) is 22.4 Å². The Kier molecular flexibility index (Phi) is 6.65.